The molecule has 1 aromatic carbocycles. The van der Waals surface area contributed by atoms with Gasteiger partial charge in [0.05, 0.1) is 12.5 Å². The lowest BCUT2D eigenvalue weighted by Crippen LogP contribution is -2.43. The Morgan fingerprint density at radius 3 is 2.53 bits per heavy atom. The molecule has 1 rings (SSSR count). The normalized spacial score (nSPS) is 12.0. The van der Waals surface area contributed by atoms with E-state index in [4.69, 9.17) is 34.7 Å². The zero-order chi connectivity index (χ0) is 14.6. The number of halogens is 2. The molecule has 0 radical (unpaired) electrons. The first kappa shape index (κ1) is 15.8. The Bertz CT molecular complexity index is 494. The molecule has 19 heavy (non-hydrogen) atoms. The summed E-state index contributed by atoms with van der Waals surface area (Å²) in [7, 11) is 1.58. The summed E-state index contributed by atoms with van der Waals surface area (Å²) < 4.78 is 0. The summed E-state index contributed by atoms with van der Waals surface area (Å²) in [5.74, 6) is -0.983. The van der Waals surface area contributed by atoms with E-state index in [0.29, 0.717) is 10.0 Å². The van der Waals surface area contributed by atoms with Gasteiger partial charge in [-0.25, -0.2) is 0 Å². The quantitative estimate of drug-likeness (QED) is 0.855. The third-order valence-electron chi connectivity index (χ3n) is 2.54. The molecule has 7 heteroatoms. The van der Waals surface area contributed by atoms with Gasteiger partial charge < -0.3 is 16.4 Å². The molecule has 0 aromatic heterocycles. The fourth-order valence-electron chi connectivity index (χ4n) is 1.57. The molecule has 4 N–H and O–H groups in total. The van der Waals surface area contributed by atoms with Gasteiger partial charge in [-0.3, -0.25) is 9.59 Å². The Labute approximate surface area is 121 Å². The van der Waals surface area contributed by atoms with E-state index in [9.17, 15) is 9.59 Å². The standard InChI is InChI=1S/C12H15Cl2N3O2/c1-17(12(19)10(15)5-11(16)18)6-7-2-3-8(13)4-9(7)14/h2-4,10H,5-6,15H2,1H3,(H2,16,18). The highest BCUT2D eigenvalue weighted by Crippen LogP contribution is 2.22. The van der Waals surface area contributed by atoms with Crippen molar-refractivity contribution >= 4 is 35.0 Å². The van der Waals surface area contributed by atoms with Crippen LogP contribution in [0.15, 0.2) is 18.2 Å². The summed E-state index contributed by atoms with van der Waals surface area (Å²) in [6, 6.07) is 4.08. The van der Waals surface area contributed by atoms with E-state index in [1.54, 1.807) is 25.2 Å². The molecule has 0 fully saturated rings. The molecule has 1 aromatic rings. The topological polar surface area (TPSA) is 89.4 Å². The van der Waals surface area contributed by atoms with Crippen LogP contribution in [-0.2, 0) is 16.1 Å². The minimum atomic E-state index is -0.937. The minimum absolute atomic E-state index is 0.183. The van der Waals surface area contributed by atoms with Gasteiger partial charge in [-0.15, -0.1) is 0 Å². The van der Waals surface area contributed by atoms with Crippen LogP contribution in [0.1, 0.15) is 12.0 Å². The molecule has 1 unspecified atom stereocenters. The Hall–Kier alpha value is -1.30. The smallest absolute Gasteiger partial charge is 0.240 e. The lowest BCUT2D eigenvalue weighted by atomic mass is 10.1. The molecule has 0 aliphatic carbocycles. The first-order valence-electron chi connectivity index (χ1n) is 5.54. The summed E-state index contributed by atoms with van der Waals surface area (Å²) in [4.78, 5) is 24.0. The van der Waals surface area contributed by atoms with Crippen molar-refractivity contribution in [2.24, 2.45) is 11.5 Å². The summed E-state index contributed by atoms with van der Waals surface area (Å²) in [5, 5.41) is 0.990. The SMILES string of the molecule is CN(Cc1ccc(Cl)cc1Cl)C(=O)C(N)CC(N)=O. The summed E-state index contributed by atoms with van der Waals surface area (Å²) >= 11 is 11.8. The largest absolute Gasteiger partial charge is 0.370 e. The van der Waals surface area contributed by atoms with E-state index in [2.05, 4.69) is 0 Å². The van der Waals surface area contributed by atoms with Crippen molar-refractivity contribution in [1.29, 1.82) is 0 Å². The van der Waals surface area contributed by atoms with Crippen LogP contribution in [0, 0.1) is 0 Å². The van der Waals surface area contributed by atoms with Crippen LogP contribution in [0.2, 0.25) is 10.0 Å². The molecule has 0 saturated carbocycles. The maximum Gasteiger partial charge on any atom is 0.240 e. The van der Waals surface area contributed by atoms with E-state index in [-0.39, 0.29) is 18.9 Å². The first-order valence-corrected chi connectivity index (χ1v) is 6.29. The predicted molar refractivity (Wildman–Crippen MR) is 74.7 cm³/mol. The van der Waals surface area contributed by atoms with Crippen molar-refractivity contribution in [3.63, 3.8) is 0 Å². The van der Waals surface area contributed by atoms with Gasteiger partial charge in [-0.1, -0.05) is 29.3 Å². The van der Waals surface area contributed by atoms with Gasteiger partial charge in [0.1, 0.15) is 0 Å². The van der Waals surface area contributed by atoms with Crippen LogP contribution in [0.4, 0.5) is 0 Å². The number of rotatable bonds is 5. The number of carbonyl (C=O) groups excluding carboxylic acids is 2. The van der Waals surface area contributed by atoms with Gasteiger partial charge in [0.15, 0.2) is 0 Å². The summed E-state index contributed by atoms with van der Waals surface area (Å²) in [5.41, 5.74) is 11.3. The second-order valence-corrected chi connectivity index (χ2v) is 5.05. The molecular formula is C12H15Cl2N3O2. The Morgan fingerprint density at radius 1 is 1.37 bits per heavy atom. The third kappa shape index (κ3) is 4.70. The summed E-state index contributed by atoms with van der Waals surface area (Å²) in [6.07, 6.45) is -0.183. The van der Waals surface area contributed by atoms with Gasteiger partial charge in [-0.2, -0.15) is 0 Å². The highest BCUT2D eigenvalue weighted by Gasteiger charge is 2.20. The zero-order valence-electron chi connectivity index (χ0n) is 10.4. The van der Waals surface area contributed by atoms with Gasteiger partial charge in [-0.05, 0) is 17.7 Å². The maximum atomic E-state index is 11.9. The molecule has 2 amide bonds. The fraction of sp³-hybridized carbons (Fsp3) is 0.333. The van der Waals surface area contributed by atoms with Crippen molar-refractivity contribution in [2.45, 2.75) is 19.0 Å². The highest BCUT2D eigenvalue weighted by atomic mass is 35.5. The van der Waals surface area contributed by atoms with E-state index in [1.807, 2.05) is 0 Å². The molecule has 104 valence electrons. The highest BCUT2D eigenvalue weighted by molar-refractivity contribution is 6.35. The lowest BCUT2D eigenvalue weighted by Gasteiger charge is -2.21. The number of carbonyl (C=O) groups is 2. The number of hydrogen-bond acceptors (Lipinski definition) is 3. The molecular weight excluding hydrogens is 289 g/mol. The van der Waals surface area contributed by atoms with Crippen LogP contribution in [0.25, 0.3) is 0 Å². The Balaban J connectivity index is 2.70. The second kappa shape index (κ2) is 6.75. The van der Waals surface area contributed by atoms with E-state index < -0.39 is 11.9 Å². The van der Waals surface area contributed by atoms with Crippen molar-refractivity contribution in [2.75, 3.05) is 7.05 Å². The molecule has 5 nitrogen and oxygen atoms in total. The number of amides is 2. The number of hydrogen-bond donors (Lipinski definition) is 2. The van der Waals surface area contributed by atoms with Crippen LogP contribution in [-0.4, -0.2) is 29.8 Å². The molecule has 0 heterocycles. The number of nitrogens with zero attached hydrogens (tertiary/aromatic N) is 1. The second-order valence-electron chi connectivity index (χ2n) is 4.21. The average Bonchev–Trinajstić information content (AvgIpc) is 2.30. The van der Waals surface area contributed by atoms with Gasteiger partial charge >= 0.3 is 0 Å². The number of nitrogens with two attached hydrogens (primary N) is 2. The monoisotopic (exact) mass is 303 g/mol. The van der Waals surface area contributed by atoms with Crippen molar-refractivity contribution in [1.82, 2.24) is 4.90 Å². The summed E-state index contributed by atoms with van der Waals surface area (Å²) in [6.45, 7) is 0.279. The Kier molecular flexibility index (Phi) is 5.60. The van der Waals surface area contributed by atoms with Crippen LogP contribution >= 0.6 is 23.2 Å². The maximum absolute atomic E-state index is 11.9. The van der Waals surface area contributed by atoms with Gasteiger partial charge in [0.2, 0.25) is 11.8 Å². The first-order chi connectivity index (χ1) is 8.81. The van der Waals surface area contributed by atoms with E-state index in [0.717, 1.165) is 5.56 Å². The molecule has 0 saturated heterocycles. The van der Waals surface area contributed by atoms with Crippen molar-refractivity contribution in [3.8, 4) is 0 Å². The molecule has 0 spiro atoms. The van der Waals surface area contributed by atoms with Crippen molar-refractivity contribution in [3.05, 3.63) is 33.8 Å². The minimum Gasteiger partial charge on any atom is -0.370 e. The van der Waals surface area contributed by atoms with Crippen LogP contribution < -0.4 is 11.5 Å². The zero-order valence-corrected chi connectivity index (χ0v) is 11.9. The molecule has 1 atom stereocenters. The van der Waals surface area contributed by atoms with Crippen LogP contribution in [0.5, 0.6) is 0 Å². The predicted octanol–water partition coefficient (Wildman–Crippen LogP) is 1.15. The third-order valence-corrected chi connectivity index (χ3v) is 3.12. The Morgan fingerprint density at radius 2 is 2.00 bits per heavy atom. The average molecular weight is 304 g/mol. The van der Waals surface area contributed by atoms with Crippen LogP contribution in [0.3, 0.4) is 0 Å². The lowest BCUT2D eigenvalue weighted by molar-refractivity contribution is -0.133. The molecule has 0 aliphatic heterocycles. The molecule has 0 bridgehead atoms. The number of primary amides is 1. The molecule has 0 aliphatic rings. The number of likely N-dealkylation sites (N-methyl/N-ethyl adjacent to an activating group) is 1. The fourth-order valence-corrected chi connectivity index (χ4v) is 2.04. The van der Waals surface area contributed by atoms with E-state index in [1.165, 1.54) is 4.90 Å². The van der Waals surface area contributed by atoms with Gasteiger partial charge in [0.25, 0.3) is 0 Å². The van der Waals surface area contributed by atoms with Crippen molar-refractivity contribution < 1.29 is 9.59 Å². The van der Waals surface area contributed by atoms with E-state index >= 15 is 0 Å². The number of benzene rings is 1. The van der Waals surface area contributed by atoms with Gasteiger partial charge in [0, 0.05) is 23.6 Å².